The molecule has 3 rings (SSSR count). The monoisotopic (exact) mass is 399 g/mol. The number of benzene rings is 2. The number of amidine groups is 1. The summed E-state index contributed by atoms with van der Waals surface area (Å²) in [5.41, 5.74) is 3.04. The van der Waals surface area contributed by atoms with E-state index in [-0.39, 0.29) is 17.4 Å². The van der Waals surface area contributed by atoms with Crippen LogP contribution in [0.4, 0.5) is 18.9 Å². The molecule has 2 aromatic carbocycles. The molecule has 1 heterocycles. The average molecular weight is 400 g/mol. The molecular weight excluding hydrogens is 383 g/mol. The van der Waals surface area contributed by atoms with E-state index in [9.17, 15) is 13.2 Å². The first-order valence-electron chi connectivity index (χ1n) is 7.98. The smallest absolute Gasteiger partial charge is 0.416 e. The van der Waals surface area contributed by atoms with Crippen molar-refractivity contribution in [3.63, 3.8) is 0 Å². The molecule has 0 radical (unpaired) electrons. The number of nitrogens with one attached hydrogen (secondary N) is 1. The summed E-state index contributed by atoms with van der Waals surface area (Å²) in [4.78, 5) is 1.61. The van der Waals surface area contributed by atoms with Crippen molar-refractivity contribution in [1.29, 1.82) is 0 Å². The van der Waals surface area contributed by atoms with E-state index in [4.69, 9.17) is 21.1 Å². The molecule has 0 unspecified atom stereocenters. The van der Waals surface area contributed by atoms with Crippen molar-refractivity contribution in [2.75, 3.05) is 25.8 Å². The van der Waals surface area contributed by atoms with Crippen molar-refractivity contribution in [3.8, 4) is 11.5 Å². The zero-order valence-electron chi connectivity index (χ0n) is 14.6. The van der Waals surface area contributed by atoms with Crippen molar-refractivity contribution < 1.29 is 22.6 Å². The fraction of sp³-hybridized carbons (Fsp3) is 0.278. The second kappa shape index (κ2) is 7.56. The normalized spacial score (nSPS) is 14.0. The Labute approximate surface area is 159 Å². The highest BCUT2D eigenvalue weighted by atomic mass is 35.5. The maximum Gasteiger partial charge on any atom is 0.416 e. The minimum absolute atomic E-state index is 0.206. The Morgan fingerprint density at radius 3 is 2.59 bits per heavy atom. The molecule has 0 fully saturated rings. The highest BCUT2D eigenvalue weighted by molar-refractivity contribution is 6.34. The van der Waals surface area contributed by atoms with Crippen LogP contribution >= 0.6 is 11.6 Å². The van der Waals surface area contributed by atoms with Gasteiger partial charge in [-0.2, -0.15) is 18.3 Å². The summed E-state index contributed by atoms with van der Waals surface area (Å²) in [6.07, 6.45) is -4.14. The summed E-state index contributed by atoms with van der Waals surface area (Å²) in [6, 6.07) is 8.54. The second-order valence-electron chi connectivity index (χ2n) is 5.79. The lowest BCUT2D eigenvalue weighted by Crippen LogP contribution is -2.31. The third kappa shape index (κ3) is 4.05. The lowest BCUT2D eigenvalue weighted by Gasteiger charge is -2.22. The van der Waals surface area contributed by atoms with E-state index in [2.05, 4.69) is 10.5 Å². The largest absolute Gasteiger partial charge is 0.497 e. The number of alkyl halides is 3. The molecule has 1 aliphatic heterocycles. The Morgan fingerprint density at radius 1 is 1.15 bits per heavy atom. The van der Waals surface area contributed by atoms with E-state index >= 15 is 0 Å². The van der Waals surface area contributed by atoms with Crippen molar-refractivity contribution in [2.24, 2.45) is 5.10 Å². The Hall–Kier alpha value is -2.61. The van der Waals surface area contributed by atoms with Gasteiger partial charge in [0.2, 0.25) is 0 Å². The first kappa shape index (κ1) is 19.2. The fourth-order valence-electron chi connectivity index (χ4n) is 2.79. The zero-order valence-corrected chi connectivity index (χ0v) is 15.4. The molecule has 27 heavy (non-hydrogen) atoms. The molecule has 0 saturated carbocycles. The molecule has 0 bridgehead atoms. The van der Waals surface area contributed by atoms with Crippen molar-refractivity contribution in [3.05, 3.63) is 52.5 Å². The fourth-order valence-corrected chi connectivity index (χ4v) is 3.01. The minimum Gasteiger partial charge on any atom is -0.497 e. The van der Waals surface area contributed by atoms with Crippen LogP contribution < -0.4 is 19.8 Å². The summed E-state index contributed by atoms with van der Waals surface area (Å²) in [7, 11) is 3.09. The molecule has 1 N–H and O–H groups in total. The molecule has 1 aliphatic rings. The van der Waals surface area contributed by atoms with Gasteiger partial charge in [0.25, 0.3) is 0 Å². The van der Waals surface area contributed by atoms with Crippen molar-refractivity contribution in [1.82, 2.24) is 5.43 Å². The molecular formula is C18H17ClF3N3O2. The molecule has 0 aliphatic carbocycles. The number of methoxy groups -OCH3 is 2. The summed E-state index contributed by atoms with van der Waals surface area (Å²) >= 11 is 6.16. The lowest BCUT2D eigenvalue weighted by atomic mass is 10.1. The van der Waals surface area contributed by atoms with Gasteiger partial charge in [0, 0.05) is 12.0 Å². The molecule has 0 atom stereocenters. The molecule has 9 heteroatoms. The van der Waals surface area contributed by atoms with E-state index in [1.165, 1.54) is 6.07 Å². The van der Waals surface area contributed by atoms with Crippen molar-refractivity contribution >= 4 is 23.1 Å². The van der Waals surface area contributed by atoms with Gasteiger partial charge in [0.15, 0.2) is 0 Å². The van der Waals surface area contributed by atoms with Crippen LogP contribution in [0, 0.1) is 0 Å². The van der Waals surface area contributed by atoms with Gasteiger partial charge in [0.05, 0.1) is 30.5 Å². The zero-order chi connectivity index (χ0) is 19.6. The number of hydrogen-bond donors (Lipinski definition) is 1. The predicted molar refractivity (Wildman–Crippen MR) is 97.6 cm³/mol. The first-order chi connectivity index (χ1) is 12.8. The third-order valence-corrected chi connectivity index (χ3v) is 4.47. The van der Waals surface area contributed by atoms with E-state index in [1.807, 2.05) is 0 Å². The van der Waals surface area contributed by atoms with Gasteiger partial charge in [-0.15, -0.1) is 0 Å². The topological polar surface area (TPSA) is 46.1 Å². The summed E-state index contributed by atoms with van der Waals surface area (Å²) in [5, 5.41) is 4.41. The minimum atomic E-state index is -4.46. The molecule has 0 amide bonds. The lowest BCUT2D eigenvalue weighted by molar-refractivity contribution is -0.137. The molecule has 0 saturated heterocycles. The Morgan fingerprint density at radius 2 is 1.93 bits per heavy atom. The Bertz CT molecular complexity index is 871. The standard InChI is InChI=1S/C18H17ClF3N3O2/c1-26-13-4-6-16(27-2)11(7-13)8-17-24-23-10-25(17)15-9-12(18(20,21)22)3-5-14(15)19/h3-7,9,23H,8,10H2,1-2H3. The van der Waals surface area contributed by atoms with Gasteiger partial charge < -0.3 is 14.4 Å². The van der Waals surface area contributed by atoms with Gasteiger partial charge in [-0.3, -0.25) is 5.43 Å². The maximum absolute atomic E-state index is 13.1. The molecule has 0 spiro atoms. The first-order valence-corrected chi connectivity index (χ1v) is 8.36. The predicted octanol–water partition coefficient (Wildman–Crippen LogP) is 4.30. The highest BCUT2D eigenvalue weighted by Gasteiger charge is 2.32. The van der Waals surface area contributed by atoms with Crippen LogP contribution in [0.15, 0.2) is 41.5 Å². The van der Waals surface area contributed by atoms with Crippen LogP contribution in [0.3, 0.4) is 0 Å². The quantitative estimate of drug-likeness (QED) is 0.814. The Kier molecular flexibility index (Phi) is 5.36. The number of hydrogen-bond acceptors (Lipinski definition) is 5. The van der Waals surface area contributed by atoms with Crippen LogP contribution in [0.5, 0.6) is 11.5 Å². The number of hydrazone groups is 1. The van der Waals surface area contributed by atoms with Gasteiger partial charge >= 0.3 is 6.18 Å². The maximum atomic E-state index is 13.1. The number of nitrogens with zero attached hydrogens (tertiary/aromatic N) is 2. The van der Waals surface area contributed by atoms with Gasteiger partial charge in [0.1, 0.15) is 24.0 Å². The highest BCUT2D eigenvalue weighted by Crippen LogP contribution is 2.36. The van der Waals surface area contributed by atoms with Gasteiger partial charge in [-0.1, -0.05) is 11.6 Å². The van der Waals surface area contributed by atoms with E-state index in [1.54, 1.807) is 37.3 Å². The van der Waals surface area contributed by atoms with Crippen LogP contribution in [-0.4, -0.2) is 26.7 Å². The van der Waals surface area contributed by atoms with E-state index in [0.29, 0.717) is 23.8 Å². The SMILES string of the molecule is COc1ccc(OC)c(CC2=NNCN2c2cc(C(F)(F)F)ccc2Cl)c1. The summed E-state index contributed by atoms with van der Waals surface area (Å²) in [5.74, 6) is 1.78. The summed E-state index contributed by atoms with van der Waals surface area (Å²) in [6.45, 7) is 0.211. The van der Waals surface area contributed by atoms with Crippen LogP contribution in [0.2, 0.25) is 5.02 Å². The molecule has 0 aromatic heterocycles. The number of rotatable bonds is 5. The molecule has 144 valence electrons. The average Bonchev–Trinajstić information content (AvgIpc) is 3.09. The molecule has 5 nitrogen and oxygen atoms in total. The third-order valence-electron chi connectivity index (χ3n) is 4.15. The number of anilines is 1. The van der Waals surface area contributed by atoms with Crippen LogP contribution in [0.1, 0.15) is 11.1 Å². The number of halogens is 4. The molecule has 2 aromatic rings. The van der Waals surface area contributed by atoms with E-state index < -0.39 is 11.7 Å². The number of ether oxygens (including phenoxy) is 2. The van der Waals surface area contributed by atoms with Crippen LogP contribution in [0.25, 0.3) is 0 Å². The van der Waals surface area contributed by atoms with Crippen molar-refractivity contribution in [2.45, 2.75) is 12.6 Å². The van der Waals surface area contributed by atoms with Gasteiger partial charge in [-0.25, -0.2) is 0 Å². The van der Waals surface area contributed by atoms with Gasteiger partial charge in [-0.05, 0) is 36.4 Å². The van der Waals surface area contributed by atoms with Crippen LogP contribution in [-0.2, 0) is 12.6 Å². The Balaban J connectivity index is 1.93. The van der Waals surface area contributed by atoms with E-state index in [0.717, 1.165) is 17.7 Å². The summed E-state index contributed by atoms with van der Waals surface area (Å²) < 4.78 is 49.8. The second-order valence-corrected chi connectivity index (χ2v) is 6.20.